The lowest BCUT2D eigenvalue weighted by Crippen LogP contribution is -2.40. The topological polar surface area (TPSA) is 58.6 Å². The summed E-state index contributed by atoms with van der Waals surface area (Å²) < 4.78 is 19.0. The molecule has 0 saturated heterocycles. The van der Waals surface area contributed by atoms with Crippen molar-refractivity contribution in [1.29, 1.82) is 0 Å². The zero-order valence-electron chi connectivity index (χ0n) is 10.2. The van der Waals surface area contributed by atoms with Gasteiger partial charge in [0.05, 0.1) is 5.60 Å². The Morgan fingerprint density at radius 3 is 2.78 bits per heavy atom. The number of carbonyl (C=O) groups is 1. The van der Waals surface area contributed by atoms with Crippen LogP contribution in [0.1, 0.15) is 13.8 Å². The van der Waals surface area contributed by atoms with E-state index in [1.54, 1.807) is 19.9 Å². The largest absolute Gasteiger partial charge is 0.481 e. The molecule has 18 heavy (non-hydrogen) atoms. The number of rotatable bonds is 5. The maximum Gasteiger partial charge on any atom is 0.258 e. The molecule has 0 bridgehead atoms. The molecule has 0 aromatic heterocycles. The minimum Gasteiger partial charge on any atom is -0.481 e. The third-order valence-electron chi connectivity index (χ3n) is 1.97. The molecule has 2 N–H and O–H groups in total. The molecule has 4 nitrogen and oxygen atoms in total. The highest BCUT2D eigenvalue weighted by Crippen LogP contribution is 2.21. The molecular weight excluding hydrogens is 305 g/mol. The quantitative estimate of drug-likeness (QED) is 0.871. The van der Waals surface area contributed by atoms with Gasteiger partial charge in [0.1, 0.15) is 0 Å². The van der Waals surface area contributed by atoms with Gasteiger partial charge >= 0.3 is 0 Å². The number of amides is 1. The average Bonchev–Trinajstić information content (AvgIpc) is 2.24. The van der Waals surface area contributed by atoms with E-state index in [0.29, 0.717) is 4.47 Å². The van der Waals surface area contributed by atoms with Crippen LogP contribution in [0.3, 0.4) is 0 Å². The number of ether oxygens (including phenoxy) is 1. The molecule has 0 fully saturated rings. The van der Waals surface area contributed by atoms with Crippen LogP contribution in [0.15, 0.2) is 22.7 Å². The van der Waals surface area contributed by atoms with Crippen LogP contribution < -0.4 is 10.1 Å². The molecule has 1 aromatic carbocycles. The minimum absolute atomic E-state index is 0.0107. The number of nitrogens with one attached hydrogen (secondary N) is 1. The van der Waals surface area contributed by atoms with E-state index in [1.165, 1.54) is 12.1 Å². The molecule has 0 heterocycles. The molecule has 0 aliphatic carbocycles. The maximum atomic E-state index is 13.3. The second-order valence-electron chi connectivity index (χ2n) is 4.45. The van der Waals surface area contributed by atoms with Crippen molar-refractivity contribution in [1.82, 2.24) is 5.32 Å². The minimum atomic E-state index is -0.988. The van der Waals surface area contributed by atoms with Crippen LogP contribution >= 0.6 is 15.9 Å². The van der Waals surface area contributed by atoms with Gasteiger partial charge in [-0.1, -0.05) is 15.9 Å². The van der Waals surface area contributed by atoms with Gasteiger partial charge in [0.25, 0.3) is 5.91 Å². The van der Waals surface area contributed by atoms with Crippen LogP contribution in [-0.4, -0.2) is 29.8 Å². The number of carbonyl (C=O) groups excluding carboxylic acids is 1. The van der Waals surface area contributed by atoms with E-state index in [2.05, 4.69) is 21.2 Å². The molecule has 0 aliphatic heterocycles. The van der Waals surface area contributed by atoms with Crippen molar-refractivity contribution < 1.29 is 19.0 Å². The summed E-state index contributed by atoms with van der Waals surface area (Å²) in [6, 6.07) is 4.31. The number of hydrogen-bond acceptors (Lipinski definition) is 3. The zero-order valence-corrected chi connectivity index (χ0v) is 11.8. The average molecular weight is 320 g/mol. The summed E-state index contributed by atoms with van der Waals surface area (Å²) in [6.07, 6.45) is 0. The third kappa shape index (κ3) is 5.46. The lowest BCUT2D eigenvalue weighted by atomic mass is 10.1. The van der Waals surface area contributed by atoms with Crippen LogP contribution in [-0.2, 0) is 4.79 Å². The Morgan fingerprint density at radius 2 is 2.22 bits per heavy atom. The van der Waals surface area contributed by atoms with Crippen molar-refractivity contribution in [2.24, 2.45) is 0 Å². The second-order valence-corrected chi connectivity index (χ2v) is 5.37. The third-order valence-corrected chi connectivity index (χ3v) is 2.46. The van der Waals surface area contributed by atoms with Crippen LogP contribution in [0.4, 0.5) is 4.39 Å². The highest BCUT2D eigenvalue weighted by molar-refractivity contribution is 9.10. The Morgan fingerprint density at radius 1 is 1.56 bits per heavy atom. The van der Waals surface area contributed by atoms with Gasteiger partial charge in [-0.15, -0.1) is 0 Å². The Balaban J connectivity index is 2.43. The van der Waals surface area contributed by atoms with E-state index >= 15 is 0 Å². The Labute approximate surface area is 113 Å². The monoisotopic (exact) mass is 319 g/mol. The first-order valence-corrected chi connectivity index (χ1v) is 6.14. The molecule has 0 unspecified atom stereocenters. The van der Waals surface area contributed by atoms with Gasteiger partial charge in [-0.25, -0.2) is 4.39 Å². The standard InChI is InChI=1S/C12H15BrFNO3/c1-12(2,17)7-15-11(16)6-18-10-4-3-8(13)5-9(10)14/h3-5,17H,6-7H2,1-2H3,(H,15,16). The fourth-order valence-electron chi connectivity index (χ4n) is 1.10. The number of aliphatic hydroxyl groups is 1. The van der Waals surface area contributed by atoms with Crippen molar-refractivity contribution in [3.05, 3.63) is 28.5 Å². The van der Waals surface area contributed by atoms with Crippen molar-refractivity contribution in [2.45, 2.75) is 19.4 Å². The molecule has 0 atom stereocenters. The van der Waals surface area contributed by atoms with Crippen molar-refractivity contribution in [3.63, 3.8) is 0 Å². The molecule has 1 aromatic rings. The summed E-state index contributed by atoms with van der Waals surface area (Å²) in [7, 11) is 0. The van der Waals surface area contributed by atoms with Crippen molar-refractivity contribution in [2.75, 3.05) is 13.2 Å². The molecule has 1 rings (SSSR count). The van der Waals surface area contributed by atoms with Crippen molar-refractivity contribution in [3.8, 4) is 5.75 Å². The SMILES string of the molecule is CC(C)(O)CNC(=O)COc1ccc(Br)cc1F. The summed E-state index contributed by atoms with van der Waals surface area (Å²) in [5, 5.41) is 11.9. The molecular formula is C12H15BrFNO3. The highest BCUT2D eigenvalue weighted by atomic mass is 79.9. The van der Waals surface area contributed by atoms with Crippen LogP contribution in [0.5, 0.6) is 5.75 Å². The molecule has 100 valence electrons. The first-order chi connectivity index (χ1) is 8.28. The fraction of sp³-hybridized carbons (Fsp3) is 0.417. The summed E-state index contributed by atoms with van der Waals surface area (Å²) in [5.41, 5.74) is -0.988. The zero-order chi connectivity index (χ0) is 13.8. The van der Waals surface area contributed by atoms with Gasteiger partial charge in [-0.05, 0) is 32.0 Å². The first kappa shape index (κ1) is 14.9. The van der Waals surface area contributed by atoms with E-state index in [4.69, 9.17) is 4.74 Å². The molecule has 0 spiro atoms. The van der Waals surface area contributed by atoms with Gasteiger partial charge in [0.15, 0.2) is 18.2 Å². The van der Waals surface area contributed by atoms with Gasteiger partial charge < -0.3 is 15.2 Å². The fourth-order valence-corrected chi connectivity index (χ4v) is 1.43. The predicted octanol–water partition coefficient (Wildman–Crippen LogP) is 1.85. The normalized spacial score (nSPS) is 11.2. The van der Waals surface area contributed by atoms with E-state index in [1.807, 2.05) is 0 Å². The summed E-state index contributed by atoms with van der Waals surface area (Å²) in [5.74, 6) is -0.948. The van der Waals surface area contributed by atoms with E-state index in [0.717, 1.165) is 0 Å². The molecule has 1 amide bonds. The summed E-state index contributed by atoms with van der Waals surface area (Å²) in [6.45, 7) is 2.96. The summed E-state index contributed by atoms with van der Waals surface area (Å²) in [4.78, 5) is 11.4. The lowest BCUT2D eigenvalue weighted by Gasteiger charge is -2.17. The number of benzene rings is 1. The van der Waals surface area contributed by atoms with Crippen LogP contribution in [0.25, 0.3) is 0 Å². The van der Waals surface area contributed by atoms with Gasteiger partial charge in [-0.2, -0.15) is 0 Å². The first-order valence-electron chi connectivity index (χ1n) is 5.35. The number of halogens is 2. The maximum absolute atomic E-state index is 13.3. The number of hydrogen-bond donors (Lipinski definition) is 2. The van der Waals surface area contributed by atoms with E-state index in [9.17, 15) is 14.3 Å². The van der Waals surface area contributed by atoms with Crippen LogP contribution in [0.2, 0.25) is 0 Å². The van der Waals surface area contributed by atoms with E-state index < -0.39 is 17.3 Å². The molecule has 0 aliphatic rings. The van der Waals surface area contributed by atoms with Gasteiger partial charge in [-0.3, -0.25) is 4.79 Å². The predicted molar refractivity (Wildman–Crippen MR) is 68.9 cm³/mol. The molecule has 0 saturated carbocycles. The Bertz CT molecular complexity index is 432. The van der Waals surface area contributed by atoms with Crippen molar-refractivity contribution >= 4 is 21.8 Å². The molecule has 6 heteroatoms. The van der Waals surface area contributed by atoms with Gasteiger partial charge in [0, 0.05) is 11.0 Å². The van der Waals surface area contributed by atoms with E-state index in [-0.39, 0.29) is 18.9 Å². The summed E-state index contributed by atoms with van der Waals surface area (Å²) >= 11 is 3.12. The van der Waals surface area contributed by atoms with Crippen LogP contribution in [0, 0.1) is 5.82 Å². The smallest absolute Gasteiger partial charge is 0.258 e. The molecule has 0 radical (unpaired) electrons. The highest BCUT2D eigenvalue weighted by Gasteiger charge is 2.14. The second kappa shape index (κ2) is 6.15. The lowest BCUT2D eigenvalue weighted by molar-refractivity contribution is -0.124. The Kier molecular flexibility index (Phi) is 5.10. The van der Waals surface area contributed by atoms with Gasteiger partial charge in [0.2, 0.25) is 0 Å². The Hall–Kier alpha value is -1.14.